The second kappa shape index (κ2) is 3.78. The molecule has 1 saturated heterocycles. The second-order valence-corrected chi connectivity index (χ2v) is 5.25. The van der Waals surface area contributed by atoms with Gasteiger partial charge in [-0.15, -0.1) is 0 Å². The molecule has 0 aromatic heterocycles. The van der Waals surface area contributed by atoms with E-state index in [4.69, 9.17) is 0 Å². The summed E-state index contributed by atoms with van der Waals surface area (Å²) in [4.78, 5) is 14.3. The van der Waals surface area contributed by atoms with Gasteiger partial charge in [0.15, 0.2) is 0 Å². The molecule has 3 fully saturated rings. The summed E-state index contributed by atoms with van der Waals surface area (Å²) < 4.78 is 0. The molecule has 1 atom stereocenters. The molecule has 3 aliphatic rings. The van der Waals surface area contributed by atoms with Crippen LogP contribution < -0.4 is 5.32 Å². The predicted molar refractivity (Wildman–Crippen MR) is 58.5 cm³/mol. The van der Waals surface area contributed by atoms with Gasteiger partial charge in [-0.1, -0.05) is 12.8 Å². The van der Waals surface area contributed by atoms with Crippen LogP contribution in [0.4, 0.5) is 0 Å². The number of hydrogen-bond acceptors (Lipinski definition) is 2. The molecule has 84 valence electrons. The van der Waals surface area contributed by atoms with Gasteiger partial charge < -0.3 is 10.2 Å². The van der Waals surface area contributed by atoms with Crippen molar-refractivity contribution in [1.29, 1.82) is 0 Å². The van der Waals surface area contributed by atoms with Gasteiger partial charge in [-0.25, -0.2) is 0 Å². The van der Waals surface area contributed by atoms with Crippen molar-refractivity contribution >= 4 is 5.91 Å². The lowest BCUT2D eigenvalue weighted by atomic mass is 10.2. The zero-order chi connectivity index (χ0) is 10.3. The Morgan fingerprint density at radius 3 is 2.47 bits per heavy atom. The molecule has 0 aromatic carbocycles. The van der Waals surface area contributed by atoms with Gasteiger partial charge >= 0.3 is 0 Å². The summed E-state index contributed by atoms with van der Waals surface area (Å²) in [6, 6.07) is 1.38. The first-order valence-corrected chi connectivity index (χ1v) is 6.41. The molecule has 0 bridgehead atoms. The molecule has 1 aliphatic heterocycles. The van der Waals surface area contributed by atoms with E-state index in [1.165, 1.54) is 38.5 Å². The van der Waals surface area contributed by atoms with E-state index >= 15 is 0 Å². The monoisotopic (exact) mass is 208 g/mol. The van der Waals surface area contributed by atoms with Crippen molar-refractivity contribution in [2.45, 2.75) is 63.1 Å². The normalized spacial score (nSPS) is 32.9. The molecule has 1 unspecified atom stereocenters. The molecule has 2 aliphatic carbocycles. The van der Waals surface area contributed by atoms with Crippen molar-refractivity contribution in [2.24, 2.45) is 0 Å². The number of likely N-dealkylation sites (tertiary alicyclic amines) is 1. The Hall–Kier alpha value is -0.570. The molecular weight excluding hydrogens is 188 g/mol. The number of amides is 1. The van der Waals surface area contributed by atoms with Gasteiger partial charge in [-0.05, 0) is 32.1 Å². The SMILES string of the molecule is O=C1C(NC2CC2)CCN1C1CCCC1. The summed E-state index contributed by atoms with van der Waals surface area (Å²) in [5.74, 6) is 0.383. The van der Waals surface area contributed by atoms with Crippen LogP contribution >= 0.6 is 0 Å². The number of carbonyl (C=O) groups excluding carboxylic acids is 1. The van der Waals surface area contributed by atoms with Crippen LogP contribution in [0.25, 0.3) is 0 Å². The van der Waals surface area contributed by atoms with E-state index in [0.717, 1.165) is 13.0 Å². The van der Waals surface area contributed by atoms with Crippen molar-refractivity contribution in [2.75, 3.05) is 6.54 Å². The fourth-order valence-corrected chi connectivity index (χ4v) is 2.97. The van der Waals surface area contributed by atoms with Crippen molar-refractivity contribution in [3.63, 3.8) is 0 Å². The largest absolute Gasteiger partial charge is 0.338 e. The summed E-state index contributed by atoms with van der Waals surface area (Å²) in [5, 5.41) is 3.46. The lowest BCUT2D eigenvalue weighted by Gasteiger charge is -2.24. The molecule has 0 radical (unpaired) electrons. The van der Waals surface area contributed by atoms with Gasteiger partial charge in [0.05, 0.1) is 6.04 Å². The van der Waals surface area contributed by atoms with Gasteiger partial charge in [-0.3, -0.25) is 4.79 Å². The Kier molecular flexibility index (Phi) is 2.43. The molecule has 1 N–H and O–H groups in total. The third-order valence-corrected chi connectivity index (χ3v) is 4.02. The van der Waals surface area contributed by atoms with Crippen LogP contribution in [-0.4, -0.2) is 35.5 Å². The topological polar surface area (TPSA) is 32.3 Å². The third kappa shape index (κ3) is 1.89. The van der Waals surface area contributed by atoms with Crippen LogP contribution in [0.15, 0.2) is 0 Å². The van der Waals surface area contributed by atoms with Crippen LogP contribution in [0.1, 0.15) is 44.9 Å². The molecule has 1 heterocycles. The molecule has 3 heteroatoms. The van der Waals surface area contributed by atoms with Gasteiger partial charge in [0.2, 0.25) is 5.91 Å². The summed E-state index contributed by atoms with van der Waals surface area (Å²) in [7, 11) is 0. The van der Waals surface area contributed by atoms with Crippen LogP contribution in [0.2, 0.25) is 0 Å². The summed E-state index contributed by atoms with van der Waals surface area (Å²) in [5.41, 5.74) is 0. The van der Waals surface area contributed by atoms with Gasteiger partial charge in [0, 0.05) is 18.6 Å². The van der Waals surface area contributed by atoms with E-state index < -0.39 is 0 Å². The fraction of sp³-hybridized carbons (Fsp3) is 0.917. The van der Waals surface area contributed by atoms with Crippen molar-refractivity contribution in [3.05, 3.63) is 0 Å². The Labute approximate surface area is 91.2 Å². The number of nitrogens with one attached hydrogen (secondary N) is 1. The van der Waals surface area contributed by atoms with Crippen LogP contribution in [0, 0.1) is 0 Å². The molecule has 3 nitrogen and oxygen atoms in total. The van der Waals surface area contributed by atoms with Crippen molar-refractivity contribution in [1.82, 2.24) is 10.2 Å². The highest BCUT2D eigenvalue weighted by Gasteiger charge is 2.38. The molecule has 1 amide bonds. The highest BCUT2D eigenvalue weighted by Crippen LogP contribution is 2.28. The molecule has 15 heavy (non-hydrogen) atoms. The first-order chi connectivity index (χ1) is 7.34. The van der Waals surface area contributed by atoms with Crippen LogP contribution in [-0.2, 0) is 4.79 Å². The Balaban J connectivity index is 1.59. The van der Waals surface area contributed by atoms with Gasteiger partial charge in [-0.2, -0.15) is 0 Å². The molecule has 0 aromatic rings. The smallest absolute Gasteiger partial charge is 0.240 e. The minimum absolute atomic E-state index is 0.151. The van der Waals surface area contributed by atoms with Gasteiger partial charge in [0.25, 0.3) is 0 Å². The van der Waals surface area contributed by atoms with Crippen LogP contribution in [0.5, 0.6) is 0 Å². The Morgan fingerprint density at radius 1 is 1.07 bits per heavy atom. The van der Waals surface area contributed by atoms with E-state index in [2.05, 4.69) is 10.2 Å². The molecular formula is C12H20N2O. The first kappa shape index (κ1) is 9.64. The number of nitrogens with zero attached hydrogens (tertiary/aromatic N) is 1. The van der Waals surface area contributed by atoms with E-state index in [-0.39, 0.29) is 6.04 Å². The predicted octanol–water partition coefficient (Wildman–Crippen LogP) is 1.28. The lowest BCUT2D eigenvalue weighted by molar-refractivity contribution is -0.131. The average molecular weight is 208 g/mol. The van der Waals surface area contributed by atoms with E-state index in [1.807, 2.05) is 0 Å². The lowest BCUT2D eigenvalue weighted by Crippen LogP contribution is -2.42. The van der Waals surface area contributed by atoms with Crippen molar-refractivity contribution in [3.8, 4) is 0 Å². The zero-order valence-corrected chi connectivity index (χ0v) is 9.24. The number of rotatable bonds is 3. The van der Waals surface area contributed by atoms with Crippen molar-refractivity contribution < 1.29 is 4.79 Å². The molecule has 2 saturated carbocycles. The van der Waals surface area contributed by atoms with E-state index in [1.54, 1.807) is 0 Å². The average Bonchev–Trinajstić information content (AvgIpc) is 2.75. The first-order valence-electron chi connectivity index (χ1n) is 6.41. The molecule has 3 rings (SSSR count). The summed E-state index contributed by atoms with van der Waals surface area (Å²) in [6.45, 7) is 0.994. The quantitative estimate of drug-likeness (QED) is 0.758. The minimum atomic E-state index is 0.151. The Bertz CT molecular complexity index is 256. The summed E-state index contributed by atoms with van der Waals surface area (Å²) >= 11 is 0. The minimum Gasteiger partial charge on any atom is -0.338 e. The van der Waals surface area contributed by atoms with E-state index in [9.17, 15) is 4.79 Å². The Morgan fingerprint density at radius 2 is 1.80 bits per heavy atom. The maximum Gasteiger partial charge on any atom is 0.240 e. The zero-order valence-electron chi connectivity index (χ0n) is 9.24. The maximum atomic E-state index is 12.1. The van der Waals surface area contributed by atoms with E-state index in [0.29, 0.717) is 18.0 Å². The number of carbonyl (C=O) groups is 1. The third-order valence-electron chi connectivity index (χ3n) is 4.02. The standard InChI is InChI=1S/C12H20N2O/c15-12-11(13-9-5-6-9)7-8-14(12)10-3-1-2-4-10/h9-11,13H,1-8H2. The summed E-state index contributed by atoms with van der Waals surface area (Å²) in [6.07, 6.45) is 8.68. The van der Waals surface area contributed by atoms with Crippen LogP contribution in [0.3, 0.4) is 0 Å². The highest BCUT2D eigenvalue weighted by molar-refractivity contribution is 5.84. The highest BCUT2D eigenvalue weighted by atomic mass is 16.2. The molecule has 0 spiro atoms. The maximum absolute atomic E-state index is 12.1. The fourth-order valence-electron chi connectivity index (χ4n) is 2.97. The van der Waals surface area contributed by atoms with Gasteiger partial charge in [0.1, 0.15) is 0 Å². The second-order valence-electron chi connectivity index (χ2n) is 5.25. The number of hydrogen-bond donors (Lipinski definition) is 1.